The van der Waals surface area contributed by atoms with Crippen molar-refractivity contribution in [3.63, 3.8) is 0 Å². The third kappa shape index (κ3) is 4.06. The molecule has 0 aromatic heterocycles. The van der Waals surface area contributed by atoms with Gasteiger partial charge < -0.3 is 10.2 Å². The van der Waals surface area contributed by atoms with Gasteiger partial charge in [0.25, 0.3) is 0 Å². The summed E-state index contributed by atoms with van der Waals surface area (Å²) in [7, 11) is 0. The molecule has 0 bridgehead atoms. The van der Waals surface area contributed by atoms with E-state index in [-0.39, 0.29) is 5.91 Å². The number of nitrogens with zero attached hydrogens (tertiary/aromatic N) is 1. The second kappa shape index (κ2) is 6.20. The van der Waals surface area contributed by atoms with Gasteiger partial charge in [-0.05, 0) is 36.0 Å². The van der Waals surface area contributed by atoms with Crippen molar-refractivity contribution < 1.29 is 4.79 Å². The Morgan fingerprint density at radius 3 is 2.63 bits per heavy atom. The van der Waals surface area contributed by atoms with Gasteiger partial charge in [-0.15, -0.1) is 0 Å². The van der Waals surface area contributed by atoms with Crippen LogP contribution >= 0.6 is 0 Å². The van der Waals surface area contributed by atoms with Crippen molar-refractivity contribution in [3.8, 4) is 0 Å². The number of anilines is 1. The lowest BCUT2D eigenvalue weighted by Gasteiger charge is -2.15. The van der Waals surface area contributed by atoms with E-state index in [4.69, 9.17) is 0 Å². The van der Waals surface area contributed by atoms with Crippen molar-refractivity contribution in [2.45, 2.75) is 27.2 Å². The Morgan fingerprint density at radius 2 is 2.00 bits per heavy atom. The number of carbonyl (C=O) groups excluding carboxylic acids is 1. The van der Waals surface area contributed by atoms with E-state index in [0.717, 1.165) is 30.5 Å². The van der Waals surface area contributed by atoms with Crippen LogP contribution in [0.25, 0.3) is 0 Å². The molecule has 104 valence electrons. The first-order valence-electron chi connectivity index (χ1n) is 7.13. The summed E-state index contributed by atoms with van der Waals surface area (Å²) in [6.45, 7) is 9.75. The van der Waals surface area contributed by atoms with Gasteiger partial charge in [0.2, 0.25) is 5.91 Å². The second-order valence-electron chi connectivity index (χ2n) is 5.85. The van der Waals surface area contributed by atoms with E-state index in [9.17, 15) is 4.79 Å². The highest BCUT2D eigenvalue weighted by Crippen LogP contribution is 2.22. The highest BCUT2D eigenvalue weighted by Gasteiger charge is 2.25. The van der Waals surface area contributed by atoms with E-state index >= 15 is 0 Å². The number of hydrogen-bond donors (Lipinski definition) is 1. The maximum atomic E-state index is 11.0. The van der Waals surface area contributed by atoms with Crippen molar-refractivity contribution in [1.82, 2.24) is 4.90 Å². The first-order chi connectivity index (χ1) is 9.04. The SMILES string of the molecule is CC(=O)Nc1cccc(CCN2C[C@@H](C)[C@@H](C)C2)c1. The number of nitrogens with one attached hydrogen (secondary N) is 1. The monoisotopic (exact) mass is 260 g/mol. The fourth-order valence-corrected chi connectivity index (χ4v) is 2.73. The van der Waals surface area contributed by atoms with E-state index in [1.807, 2.05) is 12.1 Å². The maximum Gasteiger partial charge on any atom is 0.221 e. The van der Waals surface area contributed by atoms with E-state index in [2.05, 4.69) is 36.2 Å². The summed E-state index contributed by atoms with van der Waals surface area (Å²) in [4.78, 5) is 13.6. The van der Waals surface area contributed by atoms with Gasteiger partial charge in [0.05, 0.1) is 0 Å². The topological polar surface area (TPSA) is 32.3 Å². The van der Waals surface area contributed by atoms with Crippen molar-refractivity contribution >= 4 is 11.6 Å². The molecule has 0 radical (unpaired) electrons. The summed E-state index contributed by atoms with van der Waals surface area (Å²) >= 11 is 0. The number of benzene rings is 1. The van der Waals surface area contributed by atoms with Crippen LogP contribution in [0.3, 0.4) is 0 Å². The van der Waals surface area contributed by atoms with Crippen molar-refractivity contribution in [2.24, 2.45) is 11.8 Å². The summed E-state index contributed by atoms with van der Waals surface area (Å²) < 4.78 is 0. The highest BCUT2D eigenvalue weighted by molar-refractivity contribution is 5.88. The zero-order valence-corrected chi connectivity index (χ0v) is 12.1. The molecular formula is C16H24N2O. The van der Waals surface area contributed by atoms with Crippen LogP contribution in [0.2, 0.25) is 0 Å². The minimum absolute atomic E-state index is 0.0145. The molecule has 0 spiro atoms. The molecule has 1 saturated heterocycles. The first-order valence-corrected chi connectivity index (χ1v) is 7.13. The maximum absolute atomic E-state index is 11.0. The fraction of sp³-hybridized carbons (Fsp3) is 0.562. The lowest BCUT2D eigenvalue weighted by molar-refractivity contribution is -0.114. The molecule has 0 unspecified atom stereocenters. The minimum atomic E-state index is -0.0145. The molecule has 3 heteroatoms. The highest BCUT2D eigenvalue weighted by atomic mass is 16.1. The summed E-state index contributed by atoms with van der Waals surface area (Å²) in [6.07, 6.45) is 1.05. The molecule has 0 saturated carbocycles. The summed E-state index contributed by atoms with van der Waals surface area (Å²) in [6, 6.07) is 8.15. The molecule has 1 aliphatic heterocycles. The normalized spacial score (nSPS) is 23.5. The predicted octanol–water partition coefficient (Wildman–Crippen LogP) is 2.78. The molecule has 19 heavy (non-hydrogen) atoms. The third-order valence-corrected chi connectivity index (χ3v) is 4.03. The summed E-state index contributed by atoms with van der Waals surface area (Å²) in [5.74, 6) is 1.61. The molecule has 1 aromatic rings. The molecule has 1 aliphatic rings. The molecule has 1 aromatic carbocycles. The molecule has 1 fully saturated rings. The van der Waals surface area contributed by atoms with Gasteiger partial charge in [-0.3, -0.25) is 4.79 Å². The van der Waals surface area contributed by atoms with Crippen LogP contribution in [0, 0.1) is 11.8 Å². The average Bonchev–Trinajstić information content (AvgIpc) is 2.66. The zero-order chi connectivity index (χ0) is 13.8. The Labute approximate surface area is 116 Å². The average molecular weight is 260 g/mol. The predicted molar refractivity (Wildman–Crippen MR) is 79.2 cm³/mol. The van der Waals surface area contributed by atoms with Gasteiger partial charge in [0.15, 0.2) is 0 Å². The van der Waals surface area contributed by atoms with Crippen LogP contribution in [-0.2, 0) is 11.2 Å². The lowest BCUT2D eigenvalue weighted by atomic mass is 10.0. The Morgan fingerprint density at radius 1 is 1.32 bits per heavy atom. The molecule has 2 rings (SSSR count). The van der Waals surface area contributed by atoms with E-state index < -0.39 is 0 Å². The molecular weight excluding hydrogens is 236 g/mol. The Bertz CT molecular complexity index is 434. The summed E-state index contributed by atoms with van der Waals surface area (Å²) in [5.41, 5.74) is 2.19. The van der Waals surface area contributed by atoms with E-state index in [1.165, 1.54) is 18.7 Å². The smallest absolute Gasteiger partial charge is 0.221 e. The largest absolute Gasteiger partial charge is 0.326 e. The van der Waals surface area contributed by atoms with Crippen molar-refractivity contribution in [3.05, 3.63) is 29.8 Å². The van der Waals surface area contributed by atoms with Crippen LogP contribution < -0.4 is 5.32 Å². The minimum Gasteiger partial charge on any atom is -0.326 e. The van der Waals surface area contributed by atoms with Crippen molar-refractivity contribution in [2.75, 3.05) is 25.0 Å². The van der Waals surface area contributed by atoms with Gasteiger partial charge >= 0.3 is 0 Å². The van der Waals surface area contributed by atoms with Gasteiger partial charge in [0, 0.05) is 32.2 Å². The van der Waals surface area contributed by atoms with Gasteiger partial charge in [-0.1, -0.05) is 26.0 Å². The lowest BCUT2D eigenvalue weighted by Crippen LogP contribution is -2.23. The molecule has 2 atom stereocenters. The summed E-state index contributed by atoms with van der Waals surface area (Å²) in [5, 5.41) is 2.83. The molecule has 0 aliphatic carbocycles. The van der Waals surface area contributed by atoms with E-state index in [1.54, 1.807) is 6.92 Å². The van der Waals surface area contributed by atoms with Crippen LogP contribution in [0.5, 0.6) is 0 Å². The first kappa shape index (κ1) is 14.1. The van der Waals surface area contributed by atoms with Gasteiger partial charge in [0.1, 0.15) is 0 Å². The van der Waals surface area contributed by atoms with Crippen LogP contribution in [0.15, 0.2) is 24.3 Å². The molecule has 1 heterocycles. The Hall–Kier alpha value is -1.35. The van der Waals surface area contributed by atoms with Gasteiger partial charge in [-0.25, -0.2) is 0 Å². The number of likely N-dealkylation sites (tertiary alicyclic amines) is 1. The van der Waals surface area contributed by atoms with Crippen molar-refractivity contribution in [1.29, 1.82) is 0 Å². The Balaban J connectivity index is 1.87. The molecule has 1 N–H and O–H groups in total. The number of hydrogen-bond acceptors (Lipinski definition) is 2. The number of carbonyl (C=O) groups is 1. The molecule has 3 nitrogen and oxygen atoms in total. The third-order valence-electron chi connectivity index (χ3n) is 4.03. The Kier molecular flexibility index (Phi) is 4.59. The zero-order valence-electron chi connectivity index (χ0n) is 12.1. The second-order valence-corrected chi connectivity index (χ2v) is 5.85. The van der Waals surface area contributed by atoms with Gasteiger partial charge in [-0.2, -0.15) is 0 Å². The quantitative estimate of drug-likeness (QED) is 0.903. The van der Waals surface area contributed by atoms with Crippen LogP contribution in [-0.4, -0.2) is 30.4 Å². The number of rotatable bonds is 4. The standard InChI is InChI=1S/C16H24N2O/c1-12-10-18(11-13(12)2)8-7-15-5-4-6-16(9-15)17-14(3)19/h4-6,9,12-13H,7-8,10-11H2,1-3H3,(H,17,19)/t12-,13+. The van der Waals surface area contributed by atoms with E-state index in [0.29, 0.717) is 0 Å². The fourth-order valence-electron chi connectivity index (χ4n) is 2.73. The van der Waals surface area contributed by atoms with Crippen LogP contribution in [0.1, 0.15) is 26.3 Å². The number of amides is 1. The van der Waals surface area contributed by atoms with Crippen LogP contribution in [0.4, 0.5) is 5.69 Å². The molecule has 1 amide bonds.